The zero-order valence-electron chi connectivity index (χ0n) is 48.6. The molecule has 6 nitrogen and oxygen atoms in total. The summed E-state index contributed by atoms with van der Waals surface area (Å²) in [6.07, 6.45) is 82.7. The van der Waals surface area contributed by atoms with Gasteiger partial charge in [0.1, 0.15) is 13.2 Å². The summed E-state index contributed by atoms with van der Waals surface area (Å²) in [6, 6.07) is 0. The van der Waals surface area contributed by atoms with Crippen molar-refractivity contribution >= 4 is 17.9 Å². The second kappa shape index (κ2) is 61.9. The minimum absolute atomic E-state index is 0.0965. The first-order chi connectivity index (χ1) is 36.5. The smallest absolute Gasteiger partial charge is 0.306 e. The molecule has 0 saturated carbocycles. The van der Waals surface area contributed by atoms with Gasteiger partial charge in [0.2, 0.25) is 0 Å². The highest BCUT2D eigenvalue weighted by Gasteiger charge is 2.19. The van der Waals surface area contributed by atoms with Crippen molar-refractivity contribution in [3.8, 4) is 0 Å². The highest BCUT2D eigenvalue weighted by atomic mass is 16.6. The first-order valence-electron chi connectivity index (χ1n) is 31.2. The molecule has 0 radical (unpaired) electrons. The fourth-order valence-electron chi connectivity index (χ4n) is 8.61. The van der Waals surface area contributed by atoms with E-state index in [1.807, 2.05) is 0 Å². The number of hydrogen-bond acceptors (Lipinski definition) is 6. The molecule has 0 fully saturated rings. The third kappa shape index (κ3) is 59.2. The van der Waals surface area contributed by atoms with Gasteiger partial charge < -0.3 is 14.2 Å². The maximum Gasteiger partial charge on any atom is 0.306 e. The van der Waals surface area contributed by atoms with Crippen molar-refractivity contribution < 1.29 is 28.6 Å². The molecule has 0 aliphatic heterocycles. The van der Waals surface area contributed by atoms with Crippen molar-refractivity contribution in [2.75, 3.05) is 13.2 Å². The first kappa shape index (κ1) is 70.3. The highest BCUT2D eigenvalue weighted by molar-refractivity contribution is 5.71. The Balaban J connectivity index is 4.36. The summed E-state index contributed by atoms with van der Waals surface area (Å²) in [5.74, 6) is -0.948. The van der Waals surface area contributed by atoms with E-state index in [2.05, 4.69) is 118 Å². The number of carbonyl (C=O) groups is 3. The zero-order valence-corrected chi connectivity index (χ0v) is 48.6. The van der Waals surface area contributed by atoms with Gasteiger partial charge in [0.15, 0.2) is 6.10 Å². The van der Waals surface area contributed by atoms with Gasteiger partial charge in [0.25, 0.3) is 0 Å². The van der Waals surface area contributed by atoms with Crippen LogP contribution in [0.4, 0.5) is 0 Å². The summed E-state index contributed by atoms with van der Waals surface area (Å²) in [6.45, 7) is 6.47. The largest absolute Gasteiger partial charge is 0.462 e. The summed E-state index contributed by atoms with van der Waals surface area (Å²) in [7, 11) is 0. The third-order valence-corrected chi connectivity index (χ3v) is 13.3. The standard InChI is InChI=1S/C68H116O6/c1-4-7-10-13-16-19-22-25-28-30-31-32-33-34-35-36-37-38-41-43-46-49-52-55-58-61-67(70)73-64-65(63-72-66(69)60-57-54-51-48-45-42-39-27-24-21-18-15-12-9-6-3)74-68(71)62-59-56-53-50-47-44-40-29-26-23-20-17-14-11-8-5-2/h9,12,18,20-23,25,27,29-31,39-40,45,48,65H,4-8,10-11,13-17,19,24,26,28,32-38,41-44,46-47,49-64H2,1-3H3/b12-9-,21-18-,23-20-,25-22-,31-30-,39-27-,40-29-,48-45-. The normalized spacial score (nSPS) is 12.7. The molecule has 0 rings (SSSR count). The van der Waals surface area contributed by atoms with E-state index in [0.717, 1.165) is 116 Å². The summed E-state index contributed by atoms with van der Waals surface area (Å²) < 4.78 is 16.9. The maximum absolute atomic E-state index is 12.9. The van der Waals surface area contributed by atoms with E-state index < -0.39 is 6.10 Å². The van der Waals surface area contributed by atoms with Crippen LogP contribution < -0.4 is 0 Å². The molecule has 0 aliphatic carbocycles. The van der Waals surface area contributed by atoms with E-state index in [1.165, 1.54) is 141 Å². The molecule has 1 unspecified atom stereocenters. The predicted octanol–water partition coefficient (Wildman–Crippen LogP) is 21.3. The Kier molecular flexibility index (Phi) is 58.8. The fraction of sp³-hybridized carbons (Fsp3) is 0.721. The molecule has 0 aliphatic rings. The predicted molar refractivity (Wildman–Crippen MR) is 320 cm³/mol. The Morgan fingerprint density at radius 2 is 0.527 bits per heavy atom. The lowest BCUT2D eigenvalue weighted by Gasteiger charge is -2.18. The average Bonchev–Trinajstić information content (AvgIpc) is 3.40. The number of rotatable bonds is 56. The molecule has 1 atom stereocenters. The molecule has 6 heteroatoms. The van der Waals surface area contributed by atoms with Crippen molar-refractivity contribution in [2.45, 2.75) is 303 Å². The van der Waals surface area contributed by atoms with E-state index >= 15 is 0 Å². The quantitative estimate of drug-likeness (QED) is 0.0261. The Morgan fingerprint density at radius 1 is 0.284 bits per heavy atom. The summed E-state index contributed by atoms with van der Waals surface area (Å²) in [5.41, 5.74) is 0. The number of ether oxygens (including phenoxy) is 3. The maximum atomic E-state index is 12.9. The molecule has 0 N–H and O–H groups in total. The van der Waals surface area contributed by atoms with Crippen molar-refractivity contribution in [3.63, 3.8) is 0 Å². The Labute approximate surface area is 457 Å². The van der Waals surface area contributed by atoms with Crippen LogP contribution in [0, 0.1) is 0 Å². The topological polar surface area (TPSA) is 78.9 Å². The van der Waals surface area contributed by atoms with E-state index in [9.17, 15) is 14.4 Å². The fourth-order valence-corrected chi connectivity index (χ4v) is 8.61. The Hall–Kier alpha value is -3.67. The number of unbranched alkanes of at least 4 members (excludes halogenated alkanes) is 29. The number of esters is 3. The second-order valence-electron chi connectivity index (χ2n) is 20.6. The monoisotopic (exact) mass is 1030 g/mol. The van der Waals surface area contributed by atoms with E-state index in [1.54, 1.807) is 0 Å². The number of hydrogen-bond donors (Lipinski definition) is 0. The van der Waals surface area contributed by atoms with E-state index in [4.69, 9.17) is 14.2 Å². The van der Waals surface area contributed by atoms with Crippen molar-refractivity contribution in [1.29, 1.82) is 0 Å². The summed E-state index contributed by atoms with van der Waals surface area (Å²) >= 11 is 0. The van der Waals surface area contributed by atoms with Crippen LogP contribution in [0.15, 0.2) is 97.2 Å². The van der Waals surface area contributed by atoms with Gasteiger partial charge in [0, 0.05) is 19.3 Å². The Bertz CT molecular complexity index is 1460. The van der Waals surface area contributed by atoms with Crippen molar-refractivity contribution in [2.24, 2.45) is 0 Å². The lowest BCUT2D eigenvalue weighted by atomic mass is 10.0. The van der Waals surface area contributed by atoms with Crippen LogP contribution in [0.5, 0.6) is 0 Å². The van der Waals surface area contributed by atoms with Crippen molar-refractivity contribution in [3.05, 3.63) is 97.2 Å². The van der Waals surface area contributed by atoms with Crippen LogP contribution in [0.1, 0.15) is 297 Å². The molecule has 0 aromatic carbocycles. The van der Waals surface area contributed by atoms with Gasteiger partial charge in [-0.15, -0.1) is 0 Å². The zero-order chi connectivity index (χ0) is 53.6. The van der Waals surface area contributed by atoms with Crippen LogP contribution in [0.25, 0.3) is 0 Å². The molecule has 0 amide bonds. The van der Waals surface area contributed by atoms with Crippen LogP contribution >= 0.6 is 0 Å². The molecule has 0 saturated heterocycles. The van der Waals surface area contributed by atoms with Gasteiger partial charge >= 0.3 is 17.9 Å². The van der Waals surface area contributed by atoms with Crippen molar-refractivity contribution in [1.82, 2.24) is 0 Å². The molecule has 424 valence electrons. The van der Waals surface area contributed by atoms with Gasteiger partial charge in [-0.2, -0.15) is 0 Å². The minimum Gasteiger partial charge on any atom is -0.462 e. The average molecular weight is 1030 g/mol. The molecule has 0 aromatic rings. The van der Waals surface area contributed by atoms with Gasteiger partial charge in [0.05, 0.1) is 0 Å². The van der Waals surface area contributed by atoms with Crippen LogP contribution in [-0.4, -0.2) is 37.2 Å². The van der Waals surface area contributed by atoms with Crippen LogP contribution in [0.2, 0.25) is 0 Å². The van der Waals surface area contributed by atoms with Crippen LogP contribution in [0.3, 0.4) is 0 Å². The Morgan fingerprint density at radius 3 is 0.865 bits per heavy atom. The summed E-state index contributed by atoms with van der Waals surface area (Å²) in [4.78, 5) is 38.2. The van der Waals surface area contributed by atoms with Crippen LogP contribution in [-0.2, 0) is 28.6 Å². The lowest BCUT2D eigenvalue weighted by Crippen LogP contribution is -2.30. The molecule has 74 heavy (non-hydrogen) atoms. The lowest BCUT2D eigenvalue weighted by molar-refractivity contribution is -0.167. The highest BCUT2D eigenvalue weighted by Crippen LogP contribution is 2.16. The number of carbonyl (C=O) groups excluding carboxylic acids is 3. The van der Waals surface area contributed by atoms with Gasteiger partial charge in [-0.1, -0.05) is 253 Å². The SMILES string of the molecule is CC/C=C\C/C=C\C/C=C\C/C=C\CCCCC(=O)OCC(COC(=O)CCCCCCCCCCCCCCC/C=C\C/C=C\CCCCCCC)OC(=O)CCCCCCC/C=C\C/C=C\CCCCCC. The minimum atomic E-state index is -0.804. The first-order valence-corrected chi connectivity index (χ1v) is 31.2. The molecular formula is C68H116O6. The van der Waals surface area contributed by atoms with Gasteiger partial charge in [-0.05, 0) is 122 Å². The molecule has 0 aromatic heterocycles. The molecule has 0 bridgehead atoms. The molecule has 0 spiro atoms. The van der Waals surface area contributed by atoms with E-state index in [0.29, 0.717) is 19.3 Å². The van der Waals surface area contributed by atoms with Gasteiger partial charge in [-0.25, -0.2) is 0 Å². The third-order valence-electron chi connectivity index (χ3n) is 13.3. The molecular weight excluding hydrogens is 913 g/mol. The second-order valence-corrected chi connectivity index (χ2v) is 20.6. The van der Waals surface area contributed by atoms with Gasteiger partial charge in [-0.3, -0.25) is 14.4 Å². The summed E-state index contributed by atoms with van der Waals surface area (Å²) in [5, 5.41) is 0. The van der Waals surface area contributed by atoms with E-state index in [-0.39, 0.29) is 31.1 Å². The number of allylic oxidation sites excluding steroid dienone is 16. The molecule has 0 heterocycles.